The first kappa shape index (κ1) is 37.6. The van der Waals surface area contributed by atoms with E-state index in [0.717, 1.165) is 58.1 Å². The Morgan fingerprint density at radius 1 is 0.375 bits per heavy atom. The number of hydrogen-bond donors (Lipinski definition) is 0. The molecule has 1 aliphatic carbocycles. The molecule has 0 amide bonds. The fourth-order valence-corrected chi connectivity index (χ4v) is 10.4. The van der Waals surface area contributed by atoms with Crippen molar-refractivity contribution >= 4 is 117 Å². The van der Waals surface area contributed by atoms with Crippen LogP contribution in [0.3, 0.4) is 0 Å². The number of fused-ring (bicyclic) bond motifs is 13. The van der Waals surface area contributed by atoms with Gasteiger partial charge in [-0.05, 0) is 150 Å². The molecule has 0 radical (unpaired) electrons. The van der Waals surface area contributed by atoms with Gasteiger partial charge in [-0.15, -0.1) is 0 Å². The molecule has 11 aromatic rings. The van der Waals surface area contributed by atoms with E-state index in [0.29, 0.717) is 0 Å². The van der Waals surface area contributed by atoms with Crippen molar-refractivity contribution < 1.29 is 0 Å². The van der Waals surface area contributed by atoms with Gasteiger partial charge in [-0.1, -0.05) is 171 Å². The predicted octanol–water partition coefficient (Wildman–Crippen LogP) is 17.8. The third kappa shape index (κ3) is 6.02. The molecule has 11 aromatic carbocycles. The number of rotatable bonds is 8. The molecule has 0 saturated heterocycles. The van der Waals surface area contributed by atoms with E-state index in [1.54, 1.807) is 0 Å². The van der Waals surface area contributed by atoms with Crippen LogP contribution in [0.4, 0.5) is 34.1 Å². The van der Waals surface area contributed by atoms with Gasteiger partial charge in [0.2, 0.25) is 0 Å². The number of anilines is 6. The number of hydrogen-bond acceptors (Lipinski definition) is 2. The van der Waals surface area contributed by atoms with Gasteiger partial charge in [0, 0.05) is 33.5 Å². The summed E-state index contributed by atoms with van der Waals surface area (Å²) < 4.78 is 0. The van der Waals surface area contributed by atoms with E-state index < -0.39 is 0 Å². The van der Waals surface area contributed by atoms with E-state index in [1.165, 1.54) is 75.8 Å². The first-order valence-electron chi connectivity index (χ1n) is 22.2. The molecule has 0 unspecified atom stereocenters. The largest absolute Gasteiger partial charge is 0.310 e. The van der Waals surface area contributed by atoms with Crippen LogP contribution in [-0.4, -0.2) is 0 Å². The van der Waals surface area contributed by atoms with Crippen LogP contribution in [0, 0.1) is 0 Å². The highest BCUT2D eigenvalue weighted by Gasteiger charge is 2.24. The average Bonchev–Trinajstić information content (AvgIpc) is 3.37. The number of nitrogens with zero attached hydrogens (tertiary/aromatic N) is 2. The normalized spacial score (nSPS) is 12.3. The quantitative estimate of drug-likeness (QED) is 0.141. The summed E-state index contributed by atoms with van der Waals surface area (Å²) in [5, 5.41) is 15.0. The lowest BCUT2D eigenvalue weighted by atomic mass is 9.82. The third-order valence-electron chi connectivity index (χ3n) is 13.4. The Morgan fingerprint density at radius 3 is 1.39 bits per heavy atom. The standard InChI is InChI=1S/C62H44N2/c1-3-41-27-31-45(32-28-41)63(59-25-13-17-43-15-5-7-19-49(43)59)47-35-37-53-51-21-9-12-24-56(51)62-58-40-48(36-38-54(58)52-22-10-11-23-55(52)61(62)57(53)39-47)64(46-33-29-42(4-2)30-34-46)60-26-14-18-44-16-6-8-20-50(44)60/h3-9,11-21,23-40H,1-2,10,22H2. The van der Waals surface area contributed by atoms with Crippen molar-refractivity contribution in [2.45, 2.75) is 12.8 Å². The van der Waals surface area contributed by atoms with Crippen LogP contribution in [0.15, 0.2) is 213 Å². The topological polar surface area (TPSA) is 6.48 Å². The highest BCUT2D eigenvalue weighted by Crippen LogP contribution is 2.49. The summed E-state index contributed by atoms with van der Waals surface area (Å²) in [6.45, 7) is 8.09. The molecule has 12 rings (SSSR count). The lowest BCUT2D eigenvalue weighted by molar-refractivity contribution is 1.00. The van der Waals surface area contributed by atoms with E-state index in [-0.39, 0.29) is 0 Å². The molecule has 0 atom stereocenters. The highest BCUT2D eigenvalue weighted by atomic mass is 15.1. The van der Waals surface area contributed by atoms with Crippen LogP contribution in [0.5, 0.6) is 0 Å². The van der Waals surface area contributed by atoms with Gasteiger partial charge in [0.1, 0.15) is 0 Å². The fraction of sp³-hybridized carbons (Fsp3) is 0.0323. The zero-order chi connectivity index (χ0) is 42.7. The zero-order valence-corrected chi connectivity index (χ0v) is 35.5. The summed E-state index contributed by atoms with van der Waals surface area (Å²) in [7, 11) is 0. The second-order valence-electron chi connectivity index (χ2n) is 16.8. The van der Waals surface area contributed by atoms with Gasteiger partial charge in [0.25, 0.3) is 0 Å². The van der Waals surface area contributed by atoms with Gasteiger partial charge in [-0.2, -0.15) is 0 Å². The average molecular weight is 817 g/mol. The van der Waals surface area contributed by atoms with E-state index in [1.807, 2.05) is 12.2 Å². The smallest absolute Gasteiger partial charge is 0.0540 e. The SMILES string of the molecule is C=Cc1ccc(N(c2ccc3c4ccccc4c4c5cc(N(c6ccc(C=C)cc6)c6cccc7ccccc67)ccc5c5c(c4c3c2)C=CCC5)c2cccc3ccccc23)cc1. The molecule has 64 heavy (non-hydrogen) atoms. The molecule has 0 fully saturated rings. The molecule has 2 heteroatoms. The number of benzene rings is 11. The monoisotopic (exact) mass is 816 g/mol. The molecule has 0 heterocycles. The minimum absolute atomic E-state index is 0.986. The van der Waals surface area contributed by atoms with Gasteiger partial charge < -0.3 is 9.80 Å². The van der Waals surface area contributed by atoms with Gasteiger partial charge >= 0.3 is 0 Å². The zero-order valence-electron chi connectivity index (χ0n) is 35.5. The molecule has 0 N–H and O–H groups in total. The van der Waals surface area contributed by atoms with Crippen molar-refractivity contribution in [1.82, 2.24) is 0 Å². The molecule has 0 aliphatic heterocycles. The Hall–Kier alpha value is -8.20. The first-order valence-corrected chi connectivity index (χ1v) is 22.2. The summed E-state index contributed by atoms with van der Waals surface area (Å²) in [4.78, 5) is 4.86. The van der Waals surface area contributed by atoms with Gasteiger partial charge in [-0.3, -0.25) is 0 Å². The van der Waals surface area contributed by atoms with Crippen LogP contribution in [0.25, 0.3) is 82.9 Å². The summed E-state index contributed by atoms with van der Waals surface area (Å²) in [6.07, 6.45) is 10.6. The molecule has 0 spiro atoms. The summed E-state index contributed by atoms with van der Waals surface area (Å²) in [6, 6.07) is 71.5. The third-order valence-corrected chi connectivity index (χ3v) is 13.4. The number of allylic oxidation sites excluding steroid dienone is 1. The highest BCUT2D eigenvalue weighted by molar-refractivity contribution is 6.34. The summed E-state index contributed by atoms with van der Waals surface area (Å²) >= 11 is 0. The van der Waals surface area contributed by atoms with E-state index in [4.69, 9.17) is 0 Å². The Kier molecular flexibility index (Phi) is 8.98. The van der Waals surface area contributed by atoms with Crippen LogP contribution < -0.4 is 9.80 Å². The van der Waals surface area contributed by atoms with Crippen molar-refractivity contribution in [3.8, 4) is 0 Å². The lowest BCUT2D eigenvalue weighted by Gasteiger charge is -2.29. The Labute approximate surface area is 373 Å². The van der Waals surface area contributed by atoms with Gasteiger partial charge in [0.05, 0.1) is 11.4 Å². The fourth-order valence-electron chi connectivity index (χ4n) is 10.4. The van der Waals surface area contributed by atoms with E-state index in [2.05, 4.69) is 229 Å². The van der Waals surface area contributed by atoms with E-state index in [9.17, 15) is 0 Å². The molecule has 0 saturated carbocycles. The molecule has 2 nitrogen and oxygen atoms in total. The van der Waals surface area contributed by atoms with Crippen LogP contribution in [0.2, 0.25) is 0 Å². The molecule has 0 aromatic heterocycles. The van der Waals surface area contributed by atoms with Crippen molar-refractivity contribution in [1.29, 1.82) is 0 Å². The molecule has 1 aliphatic rings. The second kappa shape index (κ2) is 15.3. The van der Waals surface area contributed by atoms with Crippen molar-refractivity contribution in [2.24, 2.45) is 0 Å². The maximum absolute atomic E-state index is 4.05. The van der Waals surface area contributed by atoms with Gasteiger partial charge in [-0.25, -0.2) is 0 Å². The lowest BCUT2D eigenvalue weighted by Crippen LogP contribution is -2.11. The van der Waals surface area contributed by atoms with Crippen molar-refractivity contribution in [3.63, 3.8) is 0 Å². The Balaban J connectivity index is 1.18. The minimum atomic E-state index is 0.986. The maximum Gasteiger partial charge on any atom is 0.0540 e. The molecule has 0 bridgehead atoms. The van der Waals surface area contributed by atoms with Crippen LogP contribution in [-0.2, 0) is 6.42 Å². The number of aryl methyl sites for hydroxylation is 1. The molecule has 302 valence electrons. The molecular weight excluding hydrogens is 773 g/mol. The van der Waals surface area contributed by atoms with Crippen LogP contribution >= 0.6 is 0 Å². The van der Waals surface area contributed by atoms with Gasteiger partial charge in [0.15, 0.2) is 0 Å². The summed E-state index contributed by atoms with van der Waals surface area (Å²) in [5.74, 6) is 0. The molecular formula is C62H44N2. The first-order chi connectivity index (χ1) is 31.7. The minimum Gasteiger partial charge on any atom is -0.310 e. The van der Waals surface area contributed by atoms with Crippen molar-refractivity contribution in [3.05, 3.63) is 236 Å². The Bertz CT molecular complexity index is 3700. The predicted molar refractivity (Wildman–Crippen MR) is 278 cm³/mol. The van der Waals surface area contributed by atoms with Crippen LogP contribution in [0.1, 0.15) is 28.7 Å². The second-order valence-corrected chi connectivity index (χ2v) is 16.8. The van der Waals surface area contributed by atoms with Crippen molar-refractivity contribution in [2.75, 3.05) is 9.80 Å². The maximum atomic E-state index is 4.05. The Morgan fingerprint density at radius 2 is 0.828 bits per heavy atom. The van der Waals surface area contributed by atoms with E-state index >= 15 is 0 Å². The summed E-state index contributed by atoms with van der Waals surface area (Å²) in [5.41, 5.74) is 11.6.